The van der Waals surface area contributed by atoms with Gasteiger partial charge in [0.2, 0.25) is 0 Å². The van der Waals surface area contributed by atoms with Gasteiger partial charge in [-0.25, -0.2) is 0 Å². The first kappa shape index (κ1) is 12.9. The molecular weight excluding hydrogens is 295 g/mol. The van der Waals surface area contributed by atoms with Crippen LogP contribution in [-0.2, 0) is 5.41 Å². The highest BCUT2D eigenvalue weighted by atomic mass is 79.9. The third kappa shape index (κ3) is 2.36. The fraction of sp³-hybridized carbons (Fsp3) is 0.500. The molecule has 0 amide bonds. The van der Waals surface area contributed by atoms with Crippen molar-refractivity contribution in [2.24, 2.45) is 0 Å². The van der Waals surface area contributed by atoms with Crippen LogP contribution in [0.3, 0.4) is 0 Å². The van der Waals surface area contributed by atoms with Crippen LogP contribution in [0.25, 0.3) is 0 Å². The summed E-state index contributed by atoms with van der Waals surface area (Å²) >= 11 is 3.24. The van der Waals surface area contributed by atoms with E-state index in [4.69, 9.17) is 0 Å². The van der Waals surface area contributed by atoms with Gasteiger partial charge >= 0.3 is 6.18 Å². The number of rotatable bonds is 1. The van der Waals surface area contributed by atoms with Crippen molar-refractivity contribution >= 4 is 15.9 Å². The highest BCUT2D eigenvalue weighted by Crippen LogP contribution is 2.47. The van der Waals surface area contributed by atoms with E-state index in [1.54, 1.807) is 24.3 Å². The molecule has 2 rings (SSSR count). The summed E-state index contributed by atoms with van der Waals surface area (Å²) in [5, 5.41) is 2.98. The molecule has 0 saturated carbocycles. The van der Waals surface area contributed by atoms with Gasteiger partial charge in [0.1, 0.15) is 0 Å². The van der Waals surface area contributed by atoms with E-state index in [9.17, 15) is 13.2 Å². The van der Waals surface area contributed by atoms with E-state index in [1.165, 1.54) is 0 Å². The number of hydrogen-bond acceptors (Lipinski definition) is 1. The lowest BCUT2D eigenvalue weighted by Gasteiger charge is -2.39. The molecule has 17 heavy (non-hydrogen) atoms. The summed E-state index contributed by atoms with van der Waals surface area (Å²) in [7, 11) is 0. The smallest absolute Gasteiger partial charge is 0.317 e. The molecule has 0 spiro atoms. The highest BCUT2D eigenvalue weighted by molar-refractivity contribution is 9.10. The van der Waals surface area contributed by atoms with Crippen molar-refractivity contribution in [2.75, 3.05) is 13.1 Å². The van der Waals surface area contributed by atoms with E-state index in [2.05, 4.69) is 21.2 Å². The van der Waals surface area contributed by atoms with Crippen molar-refractivity contribution in [1.82, 2.24) is 5.32 Å². The van der Waals surface area contributed by atoms with Crippen LogP contribution in [0.1, 0.15) is 18.4 Å². The van der Waals surface area contributed by atoms with Crippen molar-refractivity contribution in [1.29, 1.82) is 0 Å². The molecule has 0 aliphatic carbocycles. The van der Waals surface area contributed by atoms with Crippen LogP contribution in [0.5, 0.6) is 0 Å². The van der Waals surface area contributed by atoms with Crippen molar-refractivity contribution in [3.05, 3.63) is 34.3 Å². The minimum absolute atomic E-state index is 0.109. The van der Waals surface area contributed by atoms with Gasteiger partial charge in [0.15, 0.2) is 0 Å². The second kappa shape index (κ2) is 4.61. The molecule has 94 valence electrons. The monoisotopic (exact) mass is 307 g/mol. The van der Waals surface area contributed by atoms with Gasteiger partial charge in [0.25, 0.3) is 0 Å². The fourth-order valence-corrected chi connectivity index (χ4v) is 2.62. The average molecular weight is 308 g/mol. The predicted octanol–water partition coefficient (Wildman–Crippen LogP) is 3.63. The van der Waals surface area contributed by atoms with E-state index in [0.29, 0.717) is 18.7 Å². The Hall–Kier alpha value is -0.550. The second-order valence-electron chi connectivity index (χ2n) is 4.34. The molecule has 0 aromatic heterocycles. The summed E-state index contributed by atoms with van der Waals surface area (Å²) in [6.45, 7) is 0.825. The van der Waals surface area contributed by atoms with E-state index < -0.39 is 11.6 Å². The zero-order valence-electron chi connectivity index (χ0n) is 9.15. The predicted molar refractivity (Wildman–Crippen MR) is 64.0 cm³/mol. The van der Waals surface area contributed by atoms with E-state index in [1.807, 2.05) is 0 Å². The molecule has 1 fully saturated rings. The van der Waals surface area contributed by atoms with Gasteiger partial charge in [-0.3, -0.25) is 0 Å². The second-order valence-corrected chi connectivity index (χ2v) is 5.25. The lowest BCUT2D eigenvalue weighted by Crippen LogP contribution is -2.49. The van der Waals surface area contributed by atoms with Crippen LogP contribution in [0.15, 0.2) is 28.7 Å². The third-order valence-corrected chi connectivity index (χ3v) is 3.93. The Labute approximate surface area is 107 Å². The largest absolute Gasteiger partial charge is 0.398 e. The zero-order valence-corrected chi connectivity index (χ0v) is 10.7. The molecule has 5 heteroatoms. The van der Waals surface area contributed by atoms with Crippen molar-refractivity contribution in [3.63, 3.8) is 0 Å². The number of halogens is 4. The van der Waals surface area contributed by atoms with Crippen molar-refractivity contribution < 1.29 is 13.2 Å². The van der Waals surface area contributed by atoms with Crippen LogP contribution in [0, 0.1) is 0 Å². The normalized spacial score (nSPS) is 20.2. The molecule has 1 heterocycles. The van der Waals surface area contributed by atoms with Crippen LogP contribution in [0.2, 0.25) is 0 Å². The van der Waals surface area contributed by atoms with Crippen LogP contribution < -0.4 is 5.32 Å². The van der Waals surface area contributed by atoms with Gasteiger partial charge in [-0.2, -0.15) is 13.2 Å². The molecule has 0 bridgehead atoms. The quantitative estimate of drug-likeness (QED) is 0.835. The van der Waals surface area contributed by atoms with E-state index in [0.717, 1.165) is 4.47 Å². The SMILES string of the molecule is FC(F)(F)C1(c2ccc(Br)cc2)CCNCC1. The molecule has 1 aromatic rings. The number of nitrogens with one attached hydrogen (secondary N) is 1. The number of benzene rings is 1. The molecule has 1 aliphatic heterocycles. The van der Waals surface area contributed by atoms with Crippen LogP contribution in [0.4, 0.5) is 13.2 Å². The maximum Gasteiger partial charge on any atom is 0.398 e. The first-order chi connectivity index (χ1) is 7.96. The minimum atomic E-state index is -4.19. The summed E-state index contributed by atoms with van der Waals surface area (Å²) < 4.78 is 40.8. The molecule has 1 aromatic carbocycles. The zero-order chi connectivity index (χ0) is 12.5. The standard InChI is InChI=1S/C12H13BrF3N/c13-10-3-1-9(2-4-10)11(12(14,15)16)5-7-17-8-6-11/h1-4,17H,5-8H2. The van der Waals surface area contributed by atoms with Gasteiger partial charge < -0.3 is 5.32 Å². The molecule has 0 unspecified atom stereocenters. The Bertz CT molecular complexity index is 380. The highest BCUT2D eigenvalue weighted by Gasteiger charge is 2.55. The first-order valence-corrected chi connectivity index (χ1v) is 6.28. The molecule has 1 aliphatic rings. The topological polar surface area (TPSA) is 12.0 Å². The van der Waals surface area contributed by atoms with Gasteiger partial charge in [-0.1, -0.05) is 28.1 Å². The summed E-state index contributed by atoms with van der Waals surface area (Å²) in [4.78, 5) is 0. The Morgan fingerprint density at radius 2 is 1.59 bits per heavy atom. The number of alkyl halides is 3. The summed E-state index contributed by atoms with van der Waals surface area (Å²) in [6.07, 6.45) is -3.97. The Morgan fingerprint density at radius 3 is 2.06 bits per heavy atom. The summed E-state index contributed by atoms with van der Waals surface area (Å²) in [6, 6.07) is 6.49. The van der Waals surface area contributed by atoms with Gasteiger partial charge in [0, 0.05) is 4.47 Å². The molecular formula is C12H13BrF3N. The molecule has 0 atom stereocenters. The summed E-state index contributed by atoms with van der Waals surface area (Å²) in [5.74, 6) is 0. The van der Waals surface area contributed by atoms with Crippen molar-refractivity contribution in [3.8, 4) is 0 Å². The molecule has 1 N–H and O–H groups in total. The fourth-order valence-electron chi connectivity index (χ4n) is 2.36. The number of piperidine rings is 1. The molecule has 1 nitrogen and oxygen atoms in total. The Kier molecular flexibility index (Phi) is 3.50. The number of hydrogen-bond donors (Lipinski definition) is 1. The van der Waals surface area contributed by atoms with Crippen molar-refractivity contribution in [2.45, 2.75) is 24.4 Å². The van der Waals surface area contributed by atoms with Gasteiger partial charge in [-0.05, 0) is 43.6 Å². The minimum Gasteiger partial charge on any atom is -0.317 e. The lowest BCUT2D eigenvalue weighted by atomic mass is 9.72. The van der Waals surface area contributed by atoms with Gasteiger partial charge in [-0.15, -0.1) is 0 Å². The summed E-state index contributed by atoms with van der Waals surface area (Å²) in [5.41, 5.74) is -1.31. The first-order valence-electron chi connectivity index (χ1n) is 5.49. The Morgan fingerprint density at radius 1 is 1.06 bits per heavy atom. The van der Waals surface area contributed by atoms with Crippen LogP contribution >= 0.6 is 15.9 Å². The maximum absolute atomic E-state index is 13.3. The molecule has 1 saturated heterocycles. The van der Waals surface area contributed by atoms with Gasteiger partial charge in [0.05, 0.1) is 5.41 Å². The van der Waals surface area contributed by atoms with E-state index in [-0.39, 0.29) is 12.8 Å². The third-order valence-electron chi connectivity index (χ3n) is 3.40. The van der Waals surface area contributed by atoms with E-state index >= 15 is 0 Å². The van der Waals surface area contributed by atoms with Crippen LogP contribution in [-0.4, -0.2) is 19.3 Å². The lowest BCUT2D eigenvalue weighted by molar-refractivity contribution is -0.197. The molecule has 0 radical (unpaired) electrons. The maximum atomic E-state index is 13.3. The Balaban J connectivity index is 2.43. The average Bonchev–Trinajstić information content (AvgIpc) is 2.29.